The van der Waals surface area contributed by atoms with Gasteiger partial charge in [0.1, 0.15) is 0 Å². The molecule has 0 spiro atoms. The molecular formula is C11H11N5. The van der Waals surface area contributed by atoms with Gasteiger partial charge in [-0.15, -0.1) is 0 Å². The maximum atomic E-state index is 4.40. The molecule has 0 aliphatic carbocycles. The van der Waals surface area contributed by atoms with E-state index in [0.717, 1.165) is 16.9 Å². The van der Waals surface area contributed by atoms with Crippen LogP contribution in [0, 0.1) is 0 Å². The summed E-state index contributed by atoms with van der Waals surface area (Å²) in [5, 5.41) is 7.34. The highest BCUT2D eigenvalue weighted by Gasteiger charge is 2.03. The second kappa shape index (κ2) is 3.37. The minimum atomic E-state index is 0.708. The van der Waals surface area contributed by atoms with Crippen LogP contribution >= 0.6 is 0 Å². The number of hydrogen-bond acceptors (Lipinski definition) is 3. The van der Waals surface area contributed by atoms with Crippen molar-refractivity contribution in [2.24, 2.45) is 7.05 Å². The number of fused-ring (bicyclic) bond motifs is 1. The number of nitrogens with zero attached hydrogens (tertiary/aromatic N) is 3. The topological polar surface area (TPSA) is 58.5 Å². The van der Waals surface area contributed by atoms with E-state index < -0.39 is 0 Å². The second-order valence-corrected chi connectivity index (χ2v) is 3.60. The largest absolute Gasteiger partial charge is 0.324 e. The van der Waals surface area contributed by atoms with Crippen molar-refractivity contribution in [1.82, 2.24) is 19.7 Å². The van der Waals surface area contributed by atoms with Gasteiger partial charge in [0.15, 0.2) is 5.82 Å². The number of anilines is 2. The summed E-state index contributed by atoms with van der Waals surface area (Å²) in [5.41, 5.74) is 1.96. The Morgan fingerprint density at radius 2 is 2.12 bits per heavy atom. The van der Waals surface area contributed by atoms with Gasteiger partial charge in [-0.2, -0.15) is 5.10 Å². The van der Waals surface area contributed by atoms with Crippen molar-refractivity contribution in [3.63, 3.8) is 0 Å². The number of para-hydroxylation sites is 2. The summed E-state index contributed by atoms with van der Waals surface area (Å²) in [4.78, 5) is 7.58. The van der Waals surface area contributed by atoms with Crippen molar-refractivity contribution in [3.05, 3.63) is 36.5 Å². The van der Waals surface area contributed by atoms with Crippen LogP contribution in [0.3, 0.4) is 0 Å². The van der Waals surface area contributed by atoms with Gasteiger partial charge in [0.25, 0.3) is 0 Å². The van der Waals surface area contributed by atoms with E-state index in [2.05, 4.69) is 20.4 Å². The highest BCUT2D eigenvalue weighted by atomic mass is 15.3. The number of H-pyrrole nitrogens is 1. The van der Waals surface area contributed by atoms with Crippen LogP contribution in [0.1, 0.15) is 0 Å². The lowest BCUT2D eigenvalue weighted by Gasteiger charge is -1.95. The number of aromatic amines is 1. The standard InChI is InChI=1S/C11H11N5/c1-16-7-6-10(15-16)14-11-12-8-4-2-3-5-9(8)13-11/h2-7H,1H3,(H2,12,13,14,15). The smallest absolute Gasteiger partial charge is 0.206 e. The van der Waals surface area contributed by atoms with E-state index in [-0.39, 0.29) is 0 Å². The SMILES string of the molecule is Cn1ccc(Nc2nc3ccccc3[nH]2)n1. The minimum absolute atomic E-state index is 0.708. The maximum absolute atomic E-state index is 4.40. The fourth-order valence-corrected chi connectivity index (χ4v) is 1.62. The summed E-state index contributed by atoms with van der Waals surface area (Å²) >= 11 is 0. The lowest BCUT2D eigenvalue weighted by atomic mass is 10.3. The highest BCUT2D eigenvalue weighted by Crippen LogP contribution is 2.16. The first-order valence-corrected chi connectivity index (χ1v) is 5.03. The van der Waals surface area contributed by atoms with Gasteiger partial charge in [-0.05, 0) is 12.1 Å². The van der Waals surface area contributed by atoms with Gasteiger partial charge in [0, 0.05) is 19.3 Å². The first kappa shape index (κ1) is 8.96. The summed E-state index contributed by atoms with van der Waals surface area (Å²) in [7, 11) is 1.88. The first-order valence-electron chi connectivity index (χ1n) is 5.03. The minimum Gasteiger partial charge on any atom is -0.324 e. The van der Waals surface area contributed by atoms with Crippen LogP contribution in [0.5, 0.6) is 0 Å². The number of imidazole rings is 1. The molecule has 0 radical (unpaired) electrons. The van der Waals surface area contributed by atoms with E-state index in [9.17, 15) is 0 Å². The fourth-order valence-electron chi connectivity index (χ4n) is 1.62. The normalized spacial score (nSPS) is 10.8. The van der Waals surface area contributed by atoms with Gasteiger partial charge in [0.2, 0.25) is 5.95 Å². The molecule has 3 rings (SSSR count). The zero-order chi connectivity index (χ0) is 11.0. The molecule has 0 fully saturated rings. The third-order valence-electron chi connectivity index (χ3n) is 2.35. The number of benzene rings is 1. The summed E-state index contributed by atoms with van der Waals surface area (Å²) < 4.78 is 1.74. The van der Waals surface area contributed by atoms with Crippen LogP contribution in [-0.2, 0) is 7.05 Å². The number of aromatic nitrogens is 4. The molecule has 5 heteroatoms. The van der Waals surface area contributed by atoms with E-state index in [1.54, 1.807) is 4.68 Å². The lowest BCUT2D eigenvalue weighted by Crippen LogP contribution is -1.94. The Labute approximate surface area is 92.1 Å². The number of rotatable bonds is 2. The zero-order valence-corrected chi connectivity index (χ0v) is 8.81. The zero-order valence-electron chi connectivity index (χ0n) is 8.81. The van der Waals surface area contributed by atoms with Gasteiger partial charge >= 0.3 is 0 Å². The van der Waals surface area contributed by atoms with Crippen LogP contribution in [0.4, 0.5) is 11.8 Å². The van der Waals surface area contributed by atoms with Crippen LogP contribution in [-0.4, -0.2) is 19.7 Å². The van der Waals surface area contributed by atoms with Gasteiger partial charge in [-0.25, -0.2) is 4.98 Å². The molecule has 1 aromatic carbocycles. The molecule has 3 aromatic rings. The van der Waals surface area contributed by atoms with Crippen LogP contribution in [0.15, 0.2) is 36.5 Å². The summed E-state index contributed by atoms with van der Waals surface area (Å²) in [5.74, 6) is 1.49. The van der Waals surface area contributed by atoms with Gasteiger partial charge in [0.05, 0.1) is 11.0 Å². The predicted molar refractivity (Wildman–Crippen MR) is 62.6 cm³/mol. The number of aryl methyl sites for hydroxylation is 1. The number of nitrogens with one attached hydrogen (secondary N) is 2. The van der Waals surface area contributed by atoms with Crippen molar-refractivity contribution in [1.29, 1.82) is 0 Å². The van der Waals surface area contributed by atoms with E-state index in [1.807, 2.05) is 43.6 Å². The van der Waals surface area contributed by atoms with Crippen molar-refractivity contribution in [2.45, 2.75) is 0 Å². The van der Waals surface area contributed by atoms with E-state index in [4.69, 9.17) is 0 Å². The fraction of sp³-hybridized carbons (Fsp3) is 0.0909. The first-order chi connectivity index (χ1) is 7.81. The van der Waals surface area contributed by atoms with Crippen molar-refractivity contribution < 1.29 is 0 Å². The summed E-state index contributed by atoms with van der Waals surface area (Å²) in [6.45, 7) is 0. The molecule has 5 nitrogen and oxygen atoms in total. The van der Waals surface area contributed by atoms with Crippen LogP contribution < -0.4 is 5.32 Å². The second-order valence-electron chi connectivity index (χ2n) is 3.60. The van der Waals surface area contributed by atoms with Gasteiger partial charge < -0.3 is 10.3 Å². The molecule has 0 aliphatic rings. The van der Waals surface area contributed by atoms with Crippen molar-refractivity contribution in [2.75, 3.05) is 5.32 Å². The highest BCUT2D eigenvalue weighted by molar-refractivity contribution is 5.77. The van der Waals surface area contributed by atoms with Gasteiger partial charge in [-0.3, -0.25) is 4.68 Å². The Bertz CT molecular complexity index is 589. The molecule has 0 atom stereocenters. The lowest BCUT2D eigenvalue weighted by molar-refractivity contribution is 0.771. The van der Waals surface area contributed by atoms with E-state index in [0.29, 0.717) is 5.95 Å². The molecule has 16 heavy (non-hydrogen) atoms. The Hall–Kier alpha value is -2.30. The van der Waals surface area contributed by atoms with Crippen molar-refractivity contribution >= 4 is 22.8 Å². The molecule has 80 valence electrons. The predicted octanol–water partition coefficient (Wildman–Crippen LogP) is 2.04. The average Bonchev–Trinajstić information content (AvgIpc) is 2.84. The molecule has 0 amide bonds. The monoisotopic (exact) mass is 213 g/mol. The third-order valence-corrected chi connectivity index (χ3v) is 2.35. The summed E-state index contributed by atoms with van der Waals surface area (Å²) in [6, 6.07) is 9.80. The molecule has 0 unspecified atom stereocenters. The van der Waals surface area contributed by atoms with E-state index in [1.165, 1.54) is 0 Å². The summed E-state index contributed by atoms with van der Waals surface area (Å²) in [6.07, 6.45) is 1.88. The molecule has 0 bridgehead atoms. The third kappa shape index (κ3) is 1.52. The average molecular weight is 213 g/mol. The molecule has 0 saturated carbocycles. The molecular weight excluding hydrogens is 202 g/mol. The molecule has 0 saturated heterocycles. The van der Waals surface area contributed by atoms with E-state index >= 15 is 0 Å². The molecule has 0 aliphatic heterocycles. The van der Waals surface area contributed by atoms with Crippen molar-refractivity contribution in [3.8, 4) is 0 Å². The Kier molecular flexibility index (Phi) is 1.89. The number of hydrogen-bond donors (Lipinski definition) is 2. The quantitative estimate of drug-likeness (QED) is 0.684. The Morgan fingerprint density at radius 3 is 2.88 bits per heavy atom. The maximum Gasteiger partial charge on any atom is 0.206 e. The van der Waals surface area contributed by atoms with Gasteiger partial charge in [-0.1, -0.05) is 12.1 Å². The van der Waals surface area contributed by atoms with Crippen LogP contribution in [0.25, 0.3) is 11.0 Å². The molecule has 2 aromatic heterocycles. The van der Waals surface area contributed by atoms with Crippen LogP contribution in [0.2, 0.25) is 0 Å². The molecule has 2 heterocycles. The molecule has 2 N–H and O–H groups in total. The Morgan fingerprint density at radius 1 is 1.25 bits per heavy atom. The Balaban J connectivity index is 1.95.